The lowest BCUT2D eigenvalue weighted by atomic mass is 9.87. The summed E-state index contributed by atoms with van der Waals surface area (Å²) < 4.78 is 20.0. The molecule has 1 N–H and O–H groups in total. The van der Waals surface area contributed by atoms with E-state index in [-0.39, 0.29) is 29.6 Å². The number of carbonyl (C=O) groups excluding carboxylic acids is 2. The fourth-order valence-corrected chi connectivity index (χ4v) is 5.66. The standard InChI is InChI=1S/C32H35FN2O3/c1-3-29(31(36)34-26-15-8-21(2)9-16-26)38-27-17-12-22-18-19-35(32(37)24-6-4-5-7-24)30(28(22)20-27)23-10-13-25(33)14-11-23/h8-17,20,24,29-30H,3-7,18-19H2,1-2H3,(H,34,36)/t29-,30-/m0/s1. The summed E-state index contributed by atoms with van der Waals surface area (Å²) in [6, 6.07) is 19.7. The van der Waals surface area contributed by atoms with Crippen molar-refractivity contribution in [3.63, 3.8) is 0 Å². The van der Waals surface area contributed by atoms with Crippen LogP contribution in [0.3, 0.4) is 0 Å². The van der Waals surface area contributed by atoms with E-state index in [4.69, 9.17) is 4.74 Å². The van der Waals surface area contributed by atoms with Crippen LogP contribution in [-0.4, -0.2) is 29.4 Å². The minimum absolute atomic E-state index is 0.0499. The Morgan fingerprint density at radius 1 is 1.03 bits per heavy atom. The van der Waals surface area contributed by atoms with Crippen LogP contribution in [0.1, 0.15) is 67.3 Å². The van der Waals surface area contributed by atoms with Crippen molar-refractivity contribution in [2.24, 2.45) is 5.92 Å². The first kappa shape index (κ1) is 26.0. The Balaban J connectivity index is 1.42. The number of benzene rings is 3. The molecular weight excluding hydrogens is 479 g/mol. The maximum Gasteiger partial charge on any atom is 0.265 e. The molecule has 1 aliphatic heterocycles. The van der Waals surface area contributed by atoms with Gasteiger partial charge in [0.2, 0.25) is 5.91 Å². The Bertz CT molecular complexity index is 1280. The number of aryl methyl sites for hydroxylation is 1. The van der Waals surface area contributed by atoms with Gasteiger partial charge in [0.25, 0.3) is 5.91 Å². The smallest absolute Gasteiger partial charge is 0.265 e. The van der Waals surface area contributed by atoms with Crippen LogP contribution in [0.25, 0.3) is 0 Å². The van der Waals surface area contributed by atoms with E-state index < -0.39 is 6.10 Å². The first-order chi connectivity index (χ1) is 18.4. The molecular formula is C32H35FN2O3. The Labute approximate surface area is 224 Å². The highest BCUT2D eigenvalue weighted by Gasteiger charge is 2.36. The lowest BCUT2D eigenvalue weighted by Crippen LogP contribution is -2.43. The molecule has 6 heteroatoms. The minimum atomic E-state index is -0.668. The van der Waals surface area contributed by atoms with E-state index in [1.807, 2.05) is 61.2 Å². The molecule has 0 spiro atoms. The normalized spacial score (nSPS) is 18.1. The zero-order valence-electron chi connectivity index (χ0n) is 22.1. The molecule has 0 saturated heterocycles. The van der Waals surface area contributed by atoms with E-state index in [2.05, 4.69) is 5.32 Å². The summed E-state index contributed by atoms with van der Waals surface area (Å²) in [5.74, 6) is 0.298. The van der Waals surface area contributed by atoms with E-state index in [0.717, 1.165) is 60.0 Å². The van der Waals surface area contributed by atoms with Gasteiger partial charge in [-0.25, -0.2) is 4.39 Å². The van der Waals surface area contributed by atoms with Crippen molar-refractivity contribution in [1.29, 1.82) is 0 Å². The van der Waals surface area contributed by atoms with Gasteiger partial charge in [0.1, 0.15) is 11.6 Å². The summed E-state index contributed by atoms with van der Waals surface area (Å²) in [4.78, 5) is 28.6. The summed E-state index contributed by atoms with van der Waals surface area (Å²) in [5.41, 5.74) is 4.84. The van der Waals surface area contributed by atoms with E-state index in [9.17, 15) is 14.0 Å². The van der Waals surface area contributed by atoms with Crippen LogP contribution in [0.5, 0.6) is 5.75 Å². The van der Waals surface area contributed by atoms with Gasteiger partial charge in [-0.2, -0.15) is 0 Å². The van der Waals surface area contributed by atoms with Crippen LogP contribution < -0.4 is 10.1 Å². The predicted octanol–water partition coefficient (Wildman–Crippen LogP) is 6.59. The Kier molecular flexibility index (Phi) is 7.77. The Morgan fingerprint density at radius 2 is 1.74 bits per heavy atom. The molecule has 5 nitrogen and oxygen atoms in total. The SMILES string of the molecule is CC[C@H](Oc1ccc2c(c1)[C@H](c1ccc(F)cc1)N(C(=O)C1CCCC1)CC2)C(=O)Nc1ccc(C)cc1. The third-order valence-electron chi connectivity index (χ3n) is 7.78. The van der Waals surface area contributed by atoms with Gasteiger partial charge in [0.15, 0.2) is 6.10 Å². The fraction of sp³-hybridized carbons (Fsp3) is 0.375. The van der Waals surface area contributed by atoms with Crippen molar-refractivity contribution in [2.75, 3.05) is 11.9 Å². The average molecular weight is 515 g/mol. The molecule has 0 aromatic heterocycles. The molecule has 0 bridgehead atoms. The van der Waals surface area contributed by atoms with E-state index in [1.165, 1.54) is 12.1 Å². The minimum Gasteiger partial charge on any atom is -0.481 e. The van der Waals surface area contributed by atoms with Crippen molar-refractivity contribution >= 4 is 17.5 Å². The van der Waals surface area contributed by atoms with Crippen molar-refractivity contribution < 1.29 is 18.7 Å². The molecule has 0 radical (unpaired) electrons. The summed E-state index contributed by atoms with van der Waals surface area (Å²) in [6.45, 7) is 4.55. The topological polar surface area (TPSA) is 58.6 Å². The van der Waals surface area contributed by atoms with Crippen molar-refractivity contribution in [1.82, 2.24) is 4.90 Å². The number of amides is 2. The molecule has 3 aromatic rings. The number of hydrogen-bond acceptors (Lipinski definition) is 3. The maximum atomic E-state index is 13.8. The predicted molar refractivity (Wildman–Crippen MR) is 147 cm³/mol. The molecule has 38 heavy (non-hydrogen) atoms. The third kappa shape index (κ3) is 5.59. The largest absolute Gasteiger partial charge is 0.481 e. The van der Waals surface area contributed by atoms with Crippen molar-refractivity contribution in [2.45, 2.75) is 64.5 Å². The zero-order chi connectivity index (χ0) is 26.6. The first-order valence-corrected chi connectivity index (χ1v) is 13.7. The third-order valence-corrected chi connectivity index (χ3v) is 7.78. The number of nitrogens with one attached hydrogen (secondary N) is 1. The monoisotopic (exact) mass is 514 g/mol. The van der Waals surface area contributed by atoms with Gasteiger partial charge in [-0.1, -0.05) is 55.7 Å². The second-order valence-corrected chi connectivity index (χ2v) is 10.4. The van der Waals surface area contributed by atoms with Crippen LogP contribution in [-0.2, 0) is 16.0 Å². The fourth-order valence-electron chi connectivity index (χ4n) is 5.66. The molecule has 3 aromatic carbocycles. The molecule has 1 aliphatic carbocycles. The number of rotatable bonds is 7. The van der Waals surface area contributed by atoms with Crippen LogP contribution >= 0.6 is 0 Å². The van der Waals surface area contributed by atoms with Crippen molar-refractivity contribution in [3.05, 3.63) is 94.8 Å². The summed E-state index contributed by atoms with van der Waals surface area (Å²) in [5, 5.41) is 2.94. The van der Waals surface area contributed by atoms with Gasteiger partial charge in [-0.15, -0.1) is 0 Å². The van der Waals surface area contributed by atoms with Crippen LogP contribution in [0.2, 0.25) is 0 Å². The van der Waals surface area contributed by atoms with E-state index in [0.29, 0.717) is 18.7 Å². The summed E-state index contributed by atoms with van der Waals surface area (Å²) in [7, 11) is 0. The van der Waals surface area contributed by atoms with Crippen LogP contribution in [0.4, 0.5) is 10.1 Å². The summed E-state index contributed by atoms with van der Waals surface area (Å²) >= 11 is 0. The Morgan fingerprint density at radius 3 is 2.42 bits per heavy atom. The number of ether oxygens (including phenoxy) is 1. The molecule has 1 saturated carbocycles. The number of carbonyl (C=O) groups is 2. The molecule has 0 unspecified atom stereocenters. The van der Waals surface area contributed by atoms with E-state index in [1.54, 1.807) is 12.1 Å². The molecule has 2 amide bonds. The lowest BCUT2D eigenvalue weighted by Gasteiger charge is -2.39. The molecule has 1 fully saturated rings. The average Bonchev–Trinajstić information content (AvgIpc) is 3.47. The van der Waals surface area contributed by atoms with Gasteiger partial charge in [-0.3, -0.25) is 9.59 Å². The number of nitrogens with zero attached hydrogens (tertiary/aromatic N) is 1. The molecule has 1 heterocycles. The molecule has 2 aliphatic rings. The summed E-state index contributed by atoms with van der Waals surface area (Å²) in [6.07, 6.45) is 4.61. The number of anilines is 1. The van der Waals surface area contributed by atoms with Crippen molar-refractivity contribution in [3.8, 4) is 5.75 Å². The maximum absolute atomic E-state index is 13.8. The Hall–Kier alpha value is -3.67. The second kappa shape index (κ2) is 11.4. The second-order valence-electron chi connectivity index (χ2n) is 10.4. The van der Waals surface area contributed by atoms with Gasteiger partial charge < -0.3 is 15.0 Å². The number of fused-ring (bicyclic) bond motifs is 1. The van der Waals surface area contributed by atoms with Gasteiger partial charge in [-0.05, 0) is 85.7 Å². The molecule has 5 rings (SSSR count). The lowest BCUT2D eigenvalue weighted by molar-refractivity contribution is -0.137. The van der Waals surface area contributed by atoms with Crippen LogP contribution in [0.15, 0.2) is 66.7 Å². The number of hydrogen-bond donors (Lipinski definition) is 1. The van der Waals surface area contributed by atoms with Gasteiger partial charge in [0.05, 0.1) is 6.04 Å². The zero-order valence-corrected chi connectivity index (χ0v) is 22.1. The number of halogens is 1. The first-order valence-electron chi connectivity index (χ1n) is 13.7. The highest BCUT2D eigenvalue weighted by Crippen LogP contribution is 2.40. The highest BCUT2D eigenvalue weighted by molar-refractivity contribution is 5.94. The highest BCUT2D eigenvalue weighted by atomic mass is 19.1. The van der Waals surface area contributed by atoms with E-state index >= 15 is 0 Å². The van der Waals surface area contributed by atoms with Gasteiger partial charge >= 0.3 is 0 Å². The molecule has 198 valence electrons. The molecule has 2 atom stereocenters. The van der Waals surface area contributed by atoms with Crippen LogP contribution in [0, 0.1) is 18.7 Å². The quantitative estimate of drug-likeness (QED) is 0.387. The van der Waals surface area contributed by atoms with Gasteiger partial charge in [0, 0.05) is 18.2 Å².